The Morgan fingerprint density at radius 2 is 1.85 bits per heavy atom. The number of hydrogen-bond acceptors (Lipinski definition) is 8. The Kier molecular flexibility index (Phi) is 11.8. The zero-order valence-corrected chi connectivity index (χ0v) is 27.0. The fraction of sp³-hybridized carbons (Fsp3) is 0.324. The molecule has 4 aromatic rings. The molecule has 2 aromatic carbocycles. The highest BCUT2D eigenvalue weighted by molar-refractivity contribution is 6.39. The van der Waals surface area contributed by atoms with Crippen LogP contribution in [0.3, 0.4) is 0 Å². The molecule has 242 valence electrons. The van der Waals surface area contributed by atoms with Gasteiger partial charge in [-0.2, -0.15) is 0 Å². The second kappa shape index (κ2) is 16.2. The summed E-state index contributed by atoms with van der Waals surface area (Å²) >= 11 is 13.8. The van der Waals surface area contributed by atoms with E-state index in [1.165, 1.54) is 6.20 Å². The van der Waals surface area contributed by atoms with Gasteiger partial charge in [-0.1, -0.05) is 47.5 Å². The molecule has 12 heteroatoms. The van der Waals surface area contributed by atoms with Crippen LogP contribution < -0.4 is 26.0 Å². The van der Waals surface area contributed by atoms with E-state index in [4.69, 9.17) is 33.0 Å². The Labute approximate surface area is 277 Å². The standard InChI is InChI=1S/C34H37Cl2FN6O3/c1-46-28-18-22(8-7-21(28)4-3-13-38-20-24-9-10-29(45)42-24)33-31(36)26(12-15-40-33)25-5-2-6-27(30(25)35)43-34-32(37)23(11-14-41-34)19-39-16-17-44/h2,5-8,11-12,14-15,18,24,38-39,44H,3-4,9-10,13,16-17,19-20H2,1H3,(H,41,43)(H,42,45)/t24-/m1/s1. The summed E-state index contributed by atoms with van der Waals surface area (Å²) in [6.07, 6.45) is 6.41. The van der Waals surface area contributed by atoms with Crippen LogP contribution in [0.25, 0.3) is 22.4 Å². The quantitative estimate of drug-likeness (QED) is 0.0997. The molecule has 5 rings (SSSR count). The van der Waals surface area contributed by atoms with Crippen LogP contribution in [0.2, 0.25) is 10.0 Å². The molecule has 9 nitrogen and oxygen atoms in total. The summed E-state index contributed by atoms with van der Waals surface area (Å²) in [7, 11) is 1.65. The van der Waals surface area contributed by atoms with Crippen LogP contribution in [0.4, 0.5) is 15.9 Å². The van der Waals surface area contributed by atoms with Gasteiger partial charge in [0.15, 0.2) is 11.6 Å². The molecular weight excluding hydrogens is 630 g/mol. The van der Waals surface area contributed by atoms with Crippen LogP contribution in [0.15, 0.2) is 60.9 Å². The van der Waals surface area contributed by atoms with E-state index in [0.29, 0.717) is 51.1 Å². The highest BCUT2D eigenvalue weighted by Crippen LogP contribution is 2.42. The van der Waals surface area contributed by atoms with E-state index in [-0.39, 0.29) is 30.9 Å². The predicted molar refractivity (Wildman–Crippen MR) is 180 cm³/mol. The Bertz CT molecular complexity index is 1670. The Morgan fingerprint density at radius 3 is 2.63 bits per heavy atom. The summed E-state index contributed by atoms with van der Waals surface area (Å²) < 4.78 is 20.9. The van der Waals surface area contributed by atoms with E-state index in [2.05, 4.69) is 31.2 Å². The van der Waals surface area contributed by atoms with Gasteiger partial charge in [-0.15, -0.1) is 0 Å². The molecule has 1 amide bonds. The lowest BCUT2D eigenvalue weighted by Gasteiger charge is -2.16. The van der Waals surface area contributed by atoms with E-state index < -0.39 is 5.82 Å². The van der Waals surface area contributed by atoms with Crippen LogP contribution in [0.5, 0.6) is 5.75 Å². The van der Waals surface area contributed by atoms with E-state index in [0.717, 1.165) is 49.2 Å². The molecule has 46 heavy (non-hydrogen) atoms. The van der Waals surface area contributed by atoms with Gasteiger partial charge in [0.1, 0.15) is 5.75 Å². The minimum Gasteiger partial charge on any atom is -0.496 e. The van der Waals surface area contributed by atoms with E-state index in [1.807, 2.05) is 24.3 Å². The molecule has 0 radical (unpaired) electrons. The van der Waals surface area contributed by atoms with Crippen LogP contribution in [0.1, 0.15) is 30.4 Å². The fourth-order valence-electron chi connectivity index (χ4n) is 5.44. The van der Waals surface area contributed by atoms with Crippen molar-refractivity contribution in [3.63, 3.8) is 0 Å². The third kappa shape index (κ3) is 8.12. The molecule has 1 aliphatic rings. The van der Waals surface area contributed by atoms with Gasteiger partial charge in [-0.25, -0.2) is 9.37 Å². The van der Waals surface area contributed by atoms with Crippen molar-refractivity contribution < 1.29 is 19.0 Å². The first-order valence-electron chi connectivity index (χ1n) is 15.2. The summed E-state index contributed by atoms with van der Waals surface area (Å²) in [5.74, 6) is 0.401. The Morgan fingerprint density at radius 1 is 1.02 bits per heavy atom. The van der Waals surface area contributed by atoms with Gasteiger partial charge < -0.3 is 31.1 Å². The molecule has 0 aliphatic carbocycles. The predicted octanol–water partition coefficient (Wildman–Crippen LogP) is 5.89. The maximum Gasteiger partial charge on any atom is 0.220 e. The third-order valence-electron chi connectivity index (χ3n) is 7.84. The molecule has 0 spiro atoms. The lowest BCUT2D eigenvalue weighted by molar-refractivity contribution is -0.119. The fourth-order valence-corrected chi connectivity index (χ4v) is 6.03. The number of hydrogen-bond donors (Lipinski definition) is 5. The number of halogens is 3. The number of pyridine rings is 2. The number of nitrogens with one attached hydrogen (secondary N) is 4. The highest BCUT2D eigenvalue weighted by atomic mass is 35.5. The minimum absolute atomic E-state index is 0.0362. The number of anilines is 2. The number of benzene rings is 2. The molecule has 1 saturated heterocycles. The lowest BCUT2D eigenvalue weighted by atomic mass is 10.00. The van der Waals surface area contributed by atoms with Crippen molar-refractivity contribution in [2.75, 3.05) is 38.7 Å². The van der Waals surface area contributed by atoms with Crippen molar-refractivity contribution in [1.29, 1.82) is 0 Å². The summed E-state index contributed by atoms with van der Waals surface area (Å²) in [5.41, 5.74) is 4.64. The van der Waals surface area contributed by atoms with Crippen LogP contribution in [0, 0.1) is 5.82 Å². The number of rotatable bonds is 15. The summed E-state index contributed by atoms with van der Waals surface area (Å²) in [5, 5.41) is 22.2. The van der Waals surface area contributed by atoms with Crippen molar-refractivity contribution in [3.05, 3.63) is 87.9 Å². The molecule has 1 aliphatic heterocycles. The molecule has 5 N–H and O–H groups in total. The van der Waals surface area contributed by atoms with Gasteiger partial charge in [0.2, 0.25) is 5.91 Å². The van der Waals surface area contributed by atoms with Crippen molar-refractivity contribution in [2.45, 2.75) is 38.3 Å². The van der Waals surface area contributed by atoms with Gasteiger partial charge in [-0.3, -0.25) is 9.78 Å². The SMILES string of the molecule is COc1cc(-c2nccc(-c3cccc(Nc4nccc(CNCCO)c4F)c3Cl)c2Cl)ccc1CCCNC[C@H]1CCC(=O)N1. The highest BCUT2D eigenvalue weighted by Gasteiger charge is 2.20. The van der Waals surface area contributed by atoms with E-state index >= 15 is 4.39 Å². The lowest BCUT2D eigenvalue weighted by Crippen LogP contribution is -2.36. The first-order chi connectivity index (χ1) is 22.4. The number of aliphatic hydroxyl groups is 1. The number of carbonyl (C=O) groups excluding carboxylic acids is 1. The third-order valence-corrected chi connectivity index (χ3v) is 8.63. The number of carbonyl (C=O) groups is 1. The number of aromatic nitrogens is 2. The van der Waals surface area contributed by atoms with Crippen molar-refractivity contribution >= 4 is 40.6 Å². The average molecular weight is 668 g/mol. The van der Waals surface area contributed by atoms with Crippen LogP contribution in [-0.4, -0.2) is 60.4 Å². The number of aliphatic hydroxyl groups excluding tert-OH is 1. The molecule has 0 saturated carbocycles. The molecule has 0 bridgehead atoms. The topological polar surface area (TPSA) is 120 Å². The molecule has 0 unspecified atom stereocenters. The zero-order chi connectivity index (χ0) is 32.5. The number of aryl methyl sites for hydroxylation is 1. The minimum atomic E-state index is -0.508. The maximum absolute atomic E-state index is 15.2. The first kappa shape index (κ1) is 33.6. The smallest absolute Gasteiger partial charge is 0.220 e. The molecule has 1 atom stereocenters. The first-order valence-corrected chi connectivity index (χ1v) is 16.0. The largest absolute Gasteiger partial charge is 0.496 e. The van der Waals surface area contributed by atoms with Crippen molar-refractivity contribution in [1.82, 2.24) is 25.9 Å². The normalized spacial score (nSPS) is 14.4. The molecule has 2 aromatic heterocycles. The average Bonchev–Trinajstić information content (AvgIpc) is 3.48. The van der Waals surface area contributed by atoms with E-state index in [1.54, 1.807) is 37.6 Å². The number of nitrogens with zero attached hydrogens (tertiary/aromatic N) is 2. The summed E-state index contributed by atoms with van der Waals surface area (Å²) in [6.45, 7) is 2.17. The van der Waals surface area contributed by atoms with Crippen LogP contribution in [-0.2, 0) is 17.8 Å². The Balaban J connectivity index is 1.31. The number of ether oxygens (including phenoxy) is 1. The van der Waals surface area contributed by atoms with E-state index in [9.17, 15) is 4.79 Å². The van der Waals surface area contributed by atoms with Gasteiger partial charge in [0.05, 0.1) is 35.1 Å². The van der Waals surface area contributed by atoms with Gasteiger partial charge >= 0.3 is 0 Å². The van der Waals surface area contributed by atoms with Gasteiger partial charge in [0.25, 0.3) is 0 Å². The second-order valence-corrected chi connectivity index (χ2v) is 11.7. The molecule has 1 fully saturated rings. The summed E-state index contributed by atoms with van der Waals surface area (Å²) in [6, 6.07) is 14.9. The number of amides is 1. The second-order valence-electron chi connectivity index (χ2n) is 11.0. The van der Waals surface area contributed by atoms with Gasteiger partial charge in [0, 0.05) is 66.7 Å². The van der Waals surface area contributed by atoms with Crippen molar-refractivity contribution in [3.8, 4) is 28.1 Å². The molecular formula is C34H37Cl2FN6O3. The van der Waals surface area contributed by atoms with Crippen LogP contribution >= 0.6 is 23.2 Å². The monoisotopic (exact) mass is 666 g/mol. The number of methoxy groups -OCH3 is 1. The Hall–Kier alpha value is -3.80. The maximum atomic E-state index is 15.2. The zero-order valence-electron chi connectivity index (χ0n) is 25.5. The molecule has 3 heterocycles. The van der Waals surface area contributed by atoms with Crippen molar-refractivity contribution in [2.24, 2.45) is 0 Å². The van der Waals surface area contributed by atoms with Gasteiger partial charge in [-0.05, 0) is 55.6 Å². The summed E-state index contributed by atoms with van der Waals surface area (Å²) in [4.78, 5) is 20.1.